The van der Waals surface area contributed by atoms with E-state index in [4.69, 9.17) is 0 Å². The summed E-state index contributed by atoms with van der Waals surface area (Å²) in [6.07, 6.45) is 5.04. The zero-order valence-corrected chi connectivity index (χ0v) is 15.1. The molecular formula is C21H19FN4O2. The van der Waals surface area contributed by atoms with Crippen LogP contribution < -0.4 is 10.6 Å². The Morgan fingerprint density at radius 3 is 2.32 bits per heavy atom. The molecule has 0 radical (unpaired) electrons. The highest BCUT2D eigenvalue weighted by molar-refractivity contribution is 5.99. The van der Waals surface area contributed by atoms with Crippen LogP contribution in [0.1, 0.15) is 32.0 Å². The highest BCUT2D eigenvalue weighted by atomic mass is 19.1. The molecular weight excluding hydrogens is 359 g/mol. The Kier molecular flexibility index (Phi) is 6.41. The van der Waals surface area contributed by atoms with Crippen molar-refractivity contribution in [2.75, 3.05) is 6.54 Å². The zero-order valence-electron chi connectivity index (χ0n) is 15.1. The van der Waals surface area contributed by atoms with Gasteiger partial charge in [0.25, 0.3) is 11.8 Å². The molecule has 2 N–H and O–H groups in total. The Labute approximate surface area is 161 Å². The highest BCUT2D eigenvalue weighted by Gasteiger charge is 2.11. The summed E-state index contributed by atoms with van der Waals surface area (Å²) in [4.78, 5) is 32.7. The Hall–Kier alpha value is -3.61. The molecule has 0 fully saturated rings. The highest BCUT2D eigenvalue weighted by Crippen LogP contribution is 2.05. The number of benzene rings is 1. The third-order valence-electron chi connectivity index (χ3n) is 4.03. The van der Waals surface area contributed by atoms with Crippen molar-refractivity contribution in [3.63, 3.8) is 0 Å². The quantitative estimate of drug-likeness (QED) is 0.662. The number of rotatable bonds is 7. The standard InChI is InChI=1S/C21H19FN4O2/c22-18-6-4-15(5-7-18)8-10-25-20(27)16-11-17(13-23-12-16)21(28)26-14-19-3-1-2-9-24-19/h1-7,9,11-13H,8,10,14H2,(H,25,27)(H,26,28). The molecule has 0 saturated heterocycles. The number of carbonyl (C=O) groups excluding carboxylic acids is 2. The average molecular weight is 378 g/mol. The lowest BCUT2D eigenvalue weighted by Crippen LogP contribution is -2.27. The van der Waals surface area contributed by atoms with E-state index in [0.717, 1.165) is 11.3 Å². The summed E-state index contributed by atoms with van der Waals surface area (Å²) in [6.45, 7) is 0.675. The second-order valence-corrected chi connectivity index (χ2v) is 6.10. The molecule has 2 heterocycles. The van der Waals surface area contributed by atoms with Gasteiger partial charge in [0.2, 0.25) is 0 Å². The third kappa shape index (κ3) is 5.44. The number of hydrogen-bond acceptors (Lipinski definition) is 4. The van der Waals surface area contributed by atoms with Gasteiger partial charge in [-0.1, -0.05) is 18.2 Å². The summed E-state index contributed by atoms with van der Waals surface area (Å²) in [5, 5.41) is 5.52. The first kappa shape index (κ1) is 19.2. The normalized spacial score (nSPS) is 10.3. The Morgan fingerprint density at radius 1 is 0.929 bits per heavy atom. The molecule has 2 aromatic heterocycles. The number of aromatic nitrogens is 2. The molecule has 6 nitrogen and oxygen atoms in total. The van der Waals surface area contributed by atoms with Gasteiger partial charge in [0.05, 0.1) is 23.4 Å². The number of nitrogens with zero attached hydrogens (tertiary/aromatic N) is 2. The van der Waals surface area contributed by atoms with E-state index in [2.05, 4.69) is 20.6 Å². The van der Waals surface area contributed by atoms with Crippen molar-refractivity contribution >= 4 is 11.8 Å². The SMILES string of the molecule is O=C(NCCc1ccc(F)cc1)c1cncc(C(=O)NCc2ccccn2)c1. The molecule has 0 saturated carbocycles. The molecule has 0 aliphatic carbocycles. The van der Waals surface area contributed by atoms with Gasteiger partial charge in [-0.25, -0.2) is 4.39 Å². The Balaban J connectivity index is 1.53. The van der Waals surface area contributed by atoms with Gasteiger partial charge in [-0.2, -0.15) is 0 Å². The first-order chi connectivity index (χ1) is 13.6. The summed E-state index contributed by atoms with van der Waals surface area (Å²) < 4.78 is 12.9. The van der Waals surface area contributed by atoms with E-state index in [1.165, 1.54) is 30.6 Å². The topological polar surface area (TPSA) is 84.0 Å². The van der Waals surface area contributed by atoms with E-state index in [-0.39, 0.29) is 24.2 Å². The van der Waals surface area contributed by atoms with Crippen LogP contribution in [-0.2, 0) is 13.0 Å². The number of pyridine rings is 2. The van der Waals surface area contributed by atoms with Crippen molar-refractivity contribution in [3.8, 4) is 0 Å². The van der Waals surface area contributed by atoms with Gasteiger partial charge in [-0.3, -0.25) is 19.6 Å². The van der Waals surface area contributed by atoms with E-state index in [1.54, 1.807) is 24.4 Å². The molecule has 2 amide bonds. The van der Waals surface area contributed by atoms with Crippen molar-refractivity contribution < 1.29 is 14.0 Å². The second kappa shape index (κ2) is 9.36. The lowest BCUT2D eigenvalue weighted by Gasteiger charge is -2.08. The smallest absolute Gasteiger partial charge is 0.253 e. The van der Waals surface area contributed by atoms with Gasteiger partial charge in [0, 0.05) is 25.1 Å². The maximum Gasteiger partial charge on any atom is 0.253 e. The van der Waals surface area contributed by atoms with Gasteiger partial charge in [0.15, 0.2) is 0 Å². The molecule has 142 valence electrons. The molecule has 3 rings (SSSR count). The van der Waals surface area contributed by atoms with Crippen LogP contribution in [0, 0.1) is 5.82 Å². The van der Waals surface area contributed by atoms with Crippen molar-refractivity contribution in [3.05, 3.63) is 95.3 Å². The number of carbonyl (C=O) groups is 2. The Morgan fingerprint density at radius 2 is 1.64 bits per heavy atom. The van der Waals surface area contributed by atoms with Crippen molar-refractivity contribution in [1.29, 1.82) is 0 Å². The summed E-state index contributed by atoms with van der Waals surface area (Å²) in [6, 6.07) is 13.1. The zero-order chi connectivity index (χ0) is 19.8. The first-order valence-corrected chi connectivity index (χ1v) is 8.77. The van der Waals surface area contributed by atoms with E-state index < -0.39 is 0 Å². The lowest BCUT2D eigenvalue weighted by molar-refractivity contribution is 0.0950. The van der Waals surface area contributed by atoms with Gasteiger partial charge >= 0.3 is 0 Å². The second-order valence-electron chi connectivity index (χ2n) is 6.10. The maximum absolute atomic E-state index is 12.9. The van der Waals surface area contributed by atoms with Gasteiger partial charge < -0.3 is 10.6 Å². The van der Waals surface area contributed by atoms with Crippen LogP contribution in [-0.4, -0.2) is 28.3 Å². The minimum atomic E-state index is -0.334. The molecule has 0 bridgehead atoms. The molecule has 0 spiro atoms. The molecule has 3 aromatic rings. The fraction of sp³-hybridized carbons (Fsp3) is 0.143. The van der Waals surface area contributed by atoms with Crippen molar-refractivity contribution in [2.45, 2.75) is 13.0 Å². The number of halogens is 1. The molecule has 1 aromatic carbocycles. The molecule has 0 atom stereocenters. The molecule has 0 aliphatic rings. The molecule has 7 heteroatoms. The molecule has 0 aliphatic heterocycles. The van der Waals surface area contributed by atoms with Crippen LogP contribution in [0.5, 0.6) is 0 Å². The third-order valence-corrected chi connectivity index (χ3v) is 4.03. The van der Waals surface area contributed by atoms with E-state index in [9.17, 15) is 14.0 Å². The lowest BCUT2D eigenvalue weighted by atomic mass is 10.1. The largest absolute Gasteiger partial charge is 0.352 e. The number of amides is 2. The monoisotopic (exact) mass is 378 g/mol. The van der Waals surface area contributed by atoms with Gasteiger partial charge in [-0.15, -0.1) is 0 Å². The van der Waals surface area contributed by atoms with E-state index >= 15 is 0 Å². The van der Waals surface area contributed by atoms with Crippen molar-refractivity contribution in [1.82, 2.24) is 20.6 Å². The number of nitrogens with one attached hydrogen (secondary N) is 2. The molecule has 28 heavy (non-hydrogen) atoms. The van der Waals surface area contributed by atoms with E-state index in [1.807, 2.05) is 12.1 Å². The van der Waals surface area contributed by atoms with Crippen LogP contribution in [0.25, 0.3) is 0 Å². The fourth-order valence-corrected chi connectivity index (χ4v) is 2.54. The van der Waals surface area contributed by atoms with Crippen molar-refractivity contribution in [2.24, 2.45) is 0 Å². The minimum absolute atomic E-state index is 0.285. The van der Waals surface area contributed by atoms with Gasteiger partial charge in [-0.05, 0) is 42.3 Å². The van der Waals surface area contributed by atoms with Crippen LogP contribution in [0.2, 0.25) is 0 Å². The van der Waals surface area contributed by atoms with Crippen LogP contribution in [0.15, 0.2) is 67.1 Å². The number of hydrogen-bond donors (Lipinski definition) is 2. The summed E-state index contributed by atoms with van der Waals surface area (Å²) in [5.41, 5.74) is 2.24. The maximum atomic E-state index is 12.9. The van der Waals surface area contributed by atoms with Crippen LogP contribution >= 0.6 is 0 Å². The van der Waals surface area contributed by atoms with Crippen LogP contribution in [0.3, 0.4) is 0 Å². The molecule has 0 unspecified atom stereocenters. The minimum Gasteiger partial charge on any atom is -0.352 e. The Bertz CT molecular complexity index is 946. The summed E-state index contributed by atoms with van der Waals surface area (Å²) >= 11 is 0. The summed E-state index contributed by atoms with van der Waals surface area (Å²) in [7, 11) is 0. The van der Waals surface area contributed by atoms with Gasteiger partial charge in [0.1, 0.15) is 5.82 Å². The summed E-state index contributed by atoms with van der Waals surface area (Å²) in [5.74, 6) is -0.954. The fourth-order valence-electron chi connectivity index (χ4n) is 2.54. The van der Waals surface area contributed by atoms with E-state index in [0.29, 0.717) is 24.1 Å². The predicted molar refractivity (Wildman–Crippen MR) is 102 cm³/mol. The first-order valence-electron chi connectivity index (χ1n) is 8.77. The average Bonchev–Trinajstić information content (AvgIpc) is 2.74. The predicted octanol–water partition coefficient (Wildman–Crippen LogP) is 2.52. The van der Waals surface area contributed by atoms with Crippen LogP contribution in [0.4, 0.5) is 4.39 Å².